The van der Waals surface area contributed by atoms with E-state index in [2.05, 4.69) is 10.6 Å². The molecule has 168 valence electrons. The van der Waals surface area contributed by atoms with Crippen LogP contribution in [0.5, 0.6) is 5.75 Å². The Hall–Kier alpha value is -3.65. The average Bonchev–Trinajstić information content (AvgIpc) is 3.36. The van der Waals surface area contributed by atoms with Crippen LogP contribution in [0.2, 0.25) is 0 Å². The lowest BCUT2D eigenvalue weighted by Crippen LogP contribution is -2.55. The molecule has 0 aliphatic carbocycles. The van der Waals surface area contributed by atoms with E-state index in [4.69, 9.17) is 4.74 Å². The van der Waals surface area contributed by atoms with E-state index in [0.717, 1.165) is 10.4 Å². The van der Waals surface area contributed by atoms with Crippen LogP contribution < -0.4 is 15.4 Å². The highest BCUT2D eigenvalue weighted by Crippen LogP contribution is 2.33. The highest BCUT2D eigenvalue weighted by atomic mass is 32.1. The van der Waals surface area contributed by atoms with Gasteiger partial charge in [-0.15, -0.1) is 11.3 Å². The number of rotatable bonds is 4. The van der Waals surface area contributed by atoms with Gasteiger partial charge in [0.2, 0.25) is 5.91 Å². The van der Waals surface area contributed by atoms with Gasteiger partial charge in [-0.3, -0.25) is 14.4 Å². The molecular weight excluding hydrogens is 438 g/mol. The highest BCUT2D eigenvalue weighted by Gasteiger charge is 2.40. The molecule has 2 atom stereocenters. The van der Waals surface area contributed by atoms with Gasteiger partial charge in [0.05, 0.1) is 18.4 Å². The van der Waals surface area contributed by atoms with Gasteiger partial charge in [0.15, 0.2) is 0 Å². The lowest BCUT2D eigenvalue weighted by atomic mass is 9.95. The minimum absolute atomic E-state index is 0.160. The number of anilines is 1. The maximum absolute atomic E-state index is 13.4. The molecule has 0 saturated carbocycles. The van der Waals surface area contributed by atoms with Crippen LogP contribution in [0.25, 0.3) is 10.4 Å². The summed E-state index contributed by atoms with van der Waals surface area (Å²) in [5.74, 6) is 0.0803. The van der Waals surface area contributed by atoms with Crippen molar-refractivity contribution in [1.82, 2.24) is 10.2 Å². The molecule has 8 heteroatoms. The summed E-state index contributed by atoms with van der Waals surface area (Å²) in [6.45, 7) is 0.396. The van der Waals surface area contributed by atoms with Crippen molar-refractivity contribution in [2.75, 3.05) is 19.0 Å². The van der Waals surface area contributed by atoms with E-state index in [9.17, 15) is 14.4 Å². The SMILES string of the molecule is COc1ccc(C(=O)N[C@H]2CCN3C(=O)c4cc(-c5cccs5)ccc4NC(=O)[C@@H]3C2)cc1. The average molecular weight is 462 g/mol. The standard InChI is InChI=1S/C25H23N3O4S/c1-32-18-7-4-15(5-8-18)23(29)26-17-10-11-28-21(14-17)24(30)27-20-9-6-16(13-19(20)25(28)31)22-3-2-12-33-22/h2-9,12-13,17,21H,10-11,14H2,1H3,(H,26,29)(H,27,30)/t17-,21-/m0/s1. The quantitative estimate of drug-likeness (QED) is 0.619. The highest BCUT2D eigenvalue weighted by molar-refractivity contribution is 7.13. The van der Waals surface area contributed by atoms with Crippen molar-refractivity contribution in [3.63, 3.8) is 0 Å². The van der Waals surface area contributed by atoms with Crippen molar-refractivity contribution in [3.05, 3.63) is 71.1 Å². The number of fused-ring (bicyclic) bond motifs is 2. The summed E-state index contributed by atoms with van der Waals surface area (Å²) >= 11 is 1.60. The number of carbonyl (C=O) groups is 3. The molecule has 2 N–H and O–H groups in total. The van der Waals surface area contributed by atoms with Crippen molar-refractivity contribution in [2.24, 2.45) is 0 Å². The van der Waals surface area contributed by atoms with Gasteiger partial charge in [0.1, 0.15) is 11.8 Å². The molecule has 2 aliphatic heterocycles. The van der Waals surface area contributed by atoms with Crippen LogP contribution >= 0.6 is 11.3 Å². The number of carbonyl (C=O) groups excluding carboxylic acids is 3. The maximum atomic E-state index is 13.4. The Labute approximate surface area is 195 Å². The van der Waals surface area contributed by atoms with Crippen molar-refractivity contribution < 1.29 is 19.1 Å². The second-order valence-electron chi connectivity index (χ2n) is 8.16. The second kappa shape index (κ2) is 8.71. The van der Waals surface area contributed by atoms with E-state index in [-0.39, 0.29) is 23.8 Å². The van der Waals surface area contributed by atoms with Gasteiger partial charge in [-0.1, -0.05) is 12.1 Å². The van der Waals surface area contributed by atoms with Crippen LogP contribution in [-0.4, -0.2) is 48.4 Å². The van der Waals surface area contributed by atoms with Crippen molar-refractivity contribution in [2.45, 2.75) is 24.9 Å². The van der Waals surface area contributed by atoms with E-state index in [1.807, 2.05) is 29.6 Å². The van der Waals surface area contributed by atoms with E-state index in [0.29, 0.717) is 42.0 Å². The van der Waals surface area contributed by atoms with Crippen LogP contribution in [0.1, 0.15) is 33.6 Å². The number of hydrogen-bond acceptors (Lipinski definition) is 5. The van der Waals surface area contributed by atoms with Gasteiger partial charge in [-0.05, 0) is 66.2 Å². The Morgan fingerprint density at radius 1 is 1.15 bits per heavy atom. The first-order valence-electron chi connectivity index (χ1n) is 10.8. The first-order chi connectivity index (χ1) is 16.0. The van der Waals surface area contributed by atoms with Gasteiger partial charge >= 0.3 is 0 Å². The third-order valence-corrected chi connectivity index (χ3v) is 7.09. The Morgan fingerprint density at radius 3 is 2.70 bits per heavy atom. The predicted molar refractivity (Wildman–Crippen MR) is 127 cm³/mol. The molecule has 7 nitrogen and oxygen atoms in total. The lowest BCUT2D eigenvalue weighted by Gasteiger charge is -2.37. The predicted octanol–water partition coefficient (Wildman–Crippen LogP) is 3.78. The van der Waals surface area contributed by atoms with Crippen LogP contribution in [0, 0.1) is 0 Å². The van der Waals surface area contributed by atoms with Crippen LogP contribution in [0.3, 0.4) is 0 Å². The summed E-state index contributed by atoms with van der Waals surface area (Å²) in [7, 11) is 1.57. The molecule has 1 aromatic heterocycles. The zero-order chi connectivity index (χ0) is 22.9. The van der Waals surface area contributed by atoms with Crippen LogP contribution in [0.4, 0.5) is 5.69 Å². The normalized spacial score (nSPS) is 19.7. The van der Waals surface area contributed by atoms with E-state index in [1.54, 1.807) is 53.7 Å². The number of thiophene rings is 1. The topological polar surface area (TPSA) is 87.7 Å². The third-order valence-electron chi connectivity index (χ3n) is 6.17. The van der Waals surface area contributed by atoms with Gasteiger partial charge in [0, 0.05) is 23.0 Å². The first kappa shape index (κ1) is 21.2. The number of methoxy groups -OCH3 is 1. The Morgan fingerprint density at radius 2 is 1.97 bits per heavy atom. The second-order valence-corrected chi connectivity index (χ2v) is 9.11. The number of ether oxygens (including phenoxy) is 1. The number of piperidine rings is 1. The smallest absolute Gasteiger partial charge is 0.256 e. The summed E-state index contributed by atoms with van der Waals surface area (Å²) < 4.78 is 5.13. The summed E-state index contributed by atoms with van der Waals surface area (Å²) in [4.78, 5) is 41.8. The van der Waals surface area contributed by atoms with Gasteiger partial charge in [-0.2, -0.15) is 0 Å². The molecule has 0 radical (unpaired) electrons. The molecule has 3 amide bonds. The number of nitrogens with zero attached hydrogens (tertiary/aromatic N) is 1. The zero-order valence-electron chi connectivity index (χ0n) is 18.0. The third kappa shape index (κ3) is 4.09. The molecule has 33 heavy (non-hydrogen) atoms. The molecule has 3 aromatic rings. The Bertz CT molecular complexity index is 1210. The van der Waals surface area contributed by atoms with Gasteiger partial charge in [-0.25, -0.2) is 0 Å². The summed E-state index contributed by atoms with van der Waals surface area (Å²) in [5.41, 5.74) is 2.50. The molecule has 2 aromatic carbocycles. The lowest BCUT2D eigenvalue weighted by molar-refractivity contribution is -0.121. The molecule has 3 heterocycles. The zero-order valence-corrected chi connectivity index (χ0v) is 18.9. The van der Waals surface area contributed by atoms with Crippen molar-refractivity contribution in [1.29, 1.82) is 0 Å². The van der Waals surface area contributed by atoms with Crippen LogP contribution in [0.15, 0.2) is 60.0 Å². The van der Waals surface area contributed by atoms with E-state index >= 15 is 0 Å². The summed E-state index contributed by atoms with van der Waals surface area (Å²) in [5, 5.41) is 7.92. The van der Waals surface area contributed by atoms with Crippen molar-refractivity contribution >= 4 is 34.7 Å². The maximum Gasteiger partial charge on any atom is 0.256 e. The first-order valence-corrected chi connectivity index (χ1v) is 11.7. The van der Waals surface area contributed by atoms with Gasteiger partial charge in [0.25, 0.3) is 11.8 Å². The Balaban J connectivity index is 1.33. The minimum atomic E-state index is -0.634. The molecule has 1 saturated heterocycles. The number of amides is 3. The van der Waals surface area contributed by atoms with Crippen molar-refractivity contribution in [3.8, 4) is 16.2 Å². The molecule has 0 bridgehead atoms. The monoisotopic (exact) mass is 461 g/mol. The summed E-state index contributed by atoms with van der Waals surface area (Å²) in [6.07, 6.45) is 0.947. The number of nitrogens with one attached hydrogen (secondary N) is 2. The molecule has 0 unspecified atom stereocenters. The number of benzene rings is 2. The molecule has 1 fully saturated rings. The van der Waals surface area contributed by atoms with Gasteiger partial charge < -0.3 is 20.3 Å². The fraction of sp³-hybridized carbons (Fsp3) is 0.240. The molecule has 5 rings (SSSR count). The van der Waals surface area contributed by atoms with E-state index in [1.165, 1.54) is 0 Å². The molecule has 0 spiro atoms. The van der Waals surface area contributed by atoms with Crippen LogP contribution in [-0.2, 0) is 4.79 Å². The fourth-order valence-corrected chi connectivity index (χ4v) is 5.12. The number of hydrogen-bond donors (Lipinski definition) is 2. The summed E-state index contributed by atoms with van der Waals surface area (Å²) in [6, 6.07) is 15.6. The molecule has 2 aliphatic rings. The minimum Gasteiger partial charge on any atom is -0.497 e. The van der Waals surface area contributed by atoms with E-state index < -0.39 is 6.04 Å². The molecular formula is C25H23N3O4S. The fourth-order valence-electron chi connectivity index (χ4n) is 4.40. The Kier molecular flexibility index (Phi) is 5.60. The largest absolute Gasteiger partial charge is 0.497 e.